The zero-order valence-corrected chi connectivity index (χ0v) is 20.7. The van der Waals surface area contributed by atoms with E-state index < -0.39 is 35.3 Å². The summed E-state index contributed by atoms with van der Waals surface area (Å²) < 4.78 is 15.8. The first-order valence-electron chi connectivity index (χ1n) is 11.4. The van der Waals surface area contributed by atoms with Crippen molar-refractivity contribution in [2.45, 2.75) is 38.9 Å². The zero-order chi connectivity index (χ0) is 27.0. The predicted octanol–water partition coefficient (Wildman–Crippen LogP) is 3.74. The summed E-state index contributed by atoms with van der Waals surface area (Å²) >= 11 is 0. The number of hydrogen-bond acceptors (Lipinski definition) is 10. The van der Waals surface area contributed by atoms with Gasteiger partial charge in [0.25, 0.3) is 0 Å². The first-order valence-corrected chi connectivity index (χ1v) is 11.4. The minimum Gasteiger partial charge on any atom is -0.507 e. The van der Waals surface area contributed by atoms with E-state index in [-0.39, 0.29) is 47.0 Å². The summed E-state index contributed by atoms with van der Waals surface area (Å²) in [5.41, 5.74) is 1.58. The minimum atomic E-state index is -1.03. The lowest BCUT2D eigenvalue weighted by molar-refractivity contribution is -0.140. The van der Waals surface area contributed by atoms with Gasteiger partial charge in [0, 0.05) is 34.4 Å². The van der Waals surface area contributed by atoms with Gasteiger partial charge >= 0.3 is 5.97 Å². The number of carbonyl (C=O) groups is 2. The molecule has 3 aromatic rings. The predicted molar refractivity (Wildman–Crippen MR) is 130 cm³/mol. The molecule has 0 spiro atoms. The lowest BCUT2D eigenvalue weighted by atomic mass is 9.83. The van der Waals surface area contributed by atoms with Crippen LogP contribution in [0.15, 0.2) is 30.5 Å². The summed E-state index contributed by atoms with van der Waals surface area (Å²) in [6.45, 7) is 2.98. The van der Waals surface area contributed by atoms with Crippen LogP contribution >= 0.6 is 0 Å². The molecule has 2 atom stereocenters. The quantitative estimate of drug-likeness (QED) is 0.273. The molecule has 0 aliphatic carbocycles. The van der Waals surface area contributed by atoms with Crippen molar-refractivity contribution < 1.29 is 44.2 Å². The lowest BCUT2D eigenvalue weighted by Gasteiger charge is -2.25. The molecule has 2 unspecified atom stereocenters. The SMILES string of the molecule is COC(=O)CC(c1ccc(OC)c(O)c1)c1c(O)c(C(C)=O)cc(C2OCc3cnc(C)c(O)c32)c1O. The molecule has 0 radical (unpaired) electrons. The van der Waals surface area contributed by atoms with Crippen LogP contribution in [-0.2, 0) is 20.9 Å². The van der Waals surface area contributed by atoms with E-state index in [0.29, 0.717) is 22.4 Å². The van der Waals surface area contributed by atoms with Gasteiger partial charge in [-0.3, -0.25) is 14.6 Å². The van der Waals surface area contributed by atoms with Crippen molar-refractivity contribution in [3.63, 3.8) is 0 Å². The molecular weight excluding hydrogens is 482 g/mol. The third-order valence-electron chi connectivity index (χ3n) is 6.58. The van der Waals surface area contributed by atoms with Gasteiger partial charge in [0.05, 0.1) is 38.5 Å². The summed E-state index contributed by atoms with van der Waals surface area (Å²) in [5, 5.41) is 43.8. The molecule has 0 saturated carbocycles. The number of Topliss-reactive ketones (excluding diaryl/α,β-unsaturated/α-hetero) is 1. The normalized spacial score (nSPS) is 15.2. The number of aryl methyl sites for hydroxylation is 1. The van der Waals surface area contributed by atoms with Crippen LogP contribution in [-0.4, -0.2) is 51.4 Å². The highest BCUT2D eigenvalue weighted by molar-refractivity contribution is 5.98. The monoisotopic (exact) mass is 509 g/mol. The summed E-state index contributed by atoms with van der Waals surface area (Å²) in [7, 11) is 2.58. The fourth-order valence-corrected chi connectivity index (χ4v) is 4.63. The summed E-state index contributed by atoms with van der Waals surface area (Å²) in [6, 6.07) is 5.69. The Morgan fingerprint density at radius 2 is 1.84 bits per heavy atom. The maximum absolute atomic E-state index is 12.5. The van der Waals surface area contributed by atoms with E-state index in [1.165, 1.54) is 39.3 Å². The molecule has 194 valence electrons. The Kier molecular flexibility index (Phi) is 6.95. The van der Waals surface area contributed by atoms with E-state index in [2.05, 4.69) is 4.98 Å². The van der Waals surface area contributed by atoms with Gasteiger partial charge in [-0.15, -0.1) is 0 Å². The number of hydrogen-bond donors (Lipinski definition) is 4. The Balaban J connectivity index is 1.98. The first kappa shape index (κ1) is 25.8. The van der Waals surface area contributed by atoms with Crippen molar-refractivity contribution in [1.82, 2.24) is 4.98 Å². The number of aromatic hydroxyl groups is 4. The maximum Gasteiger partial charge on any atom is 0.306 e. The second kappa shape index (κ2) is 9.98. The molecule has 1 aromatic heterocycles. The maximum atomic E-state index is 12.5. The number of methoxy groups -OCH3 is 2. The molecule has 0 bridgehead atoms. The second-order valence-corrected chi connectivity index (χ2v) is 8.77. The van der Waals surface area contributed by atoms with Crippen LogP contribution in [0, 0.1) is 6.92 Å². The molecular formula is C27H27NO9. The molecule has 0 fully saturated rings. The second-order valence-electron chi connectivity index (χ2n) is 8.77. The van der Waals surface area contributed by atoms with Crippen LogP contribution < -0.4 is 4.74 Å². The number of pyridine rings is 1. The van der Waals surface area contributed by atoms with Crippen LogP contribution in [0.3, 0.4) is 0 Å². The molecule has 4 N–H and O–H groups in total. The average molecular weight is 510 g/mol. The van der Waals surface area contributed by atoms with Gasteiger partial charge in [-0.1, -0.05) is 6.07 Å². The Hall–Kier alpha value is -4.31. The summed E-state index contributed by atoms with van der Waals surface area (Å²) in [5.74, 6) is -3.29. The first-order chi connectivity index (χ1) is 17.6. The fourth-order valence-electron chi connectivity index (χ4n) is 4.63. The Labute approximate surface area is 212 Å². The number of phenols is 3. The van der Waals surface area contributed by atoms with Gasteiger partial charge in [0.1, 0.15) is 23.4 Å². The van der Waals surface area contributed by atoms with Gasteiger partial charge < -0.3 is 34.6 Å². The molecule has 10 nitrogen and oxygen atoms in total. The van der Waals surface area contributed by atoms with Crippen molar-refractivity contribution >= 4 is 11.8 Å². The lowest BCUT2D eigenvalue weighted by Crippen LogP contribution is -2.13. The number of benzene rings is 2. The summed E-state index contributed by atoms with van der Waals surface area (Å²) in [4.78, 5) is 29.1. The van der Waals surface area contributed by atoms with Crippen molar-refractivity contribution in [2.75, 3.05) is 14.2 Å². The molecule has 2 heterocycles. The third kappa shape index (κ3) is 4.51. The van der Waals surface area contributed by atoms with E-state index in [4.69, 9.17) is 14.2 Å². The molecule has 0 amide bonds. The molecule has 1 aliphatic heterocycles. The Bertz CT molecular complexity index is 1400. The van der Waals surface area contributed by atoms with Crippen molar-refractivity contribution in [3.05, 3.63) is 69.5 Å². The number of nitrogens with zero attached hydrogens (tertiary/aromatic N) is 1. The number of carbonyl (C=O) groups excluding carboxylic acids is 2. The third-order valence-corrected chi connectivity index (χ3v) is 6.58. The number of ketones is 1. The van der Waals surface area contributed by atoms with E-state index in [9.17, 15) is 30.0 Å². The number of aromatic nitrogens is 1. The van der Waals surface area contributed by atoms with E-state index in [1.54, 1.807) is 19.2 Å². The zero-order valence-electron chi connectivity index (χ0n) is 20.7. The highest BCUT2D eigenvalue weighted by Crippen LogP contribution is 2.51. The minimum absolute atomic E-state index is 0.101. The van der Waals surface area contributed by atoms with Gasteiger partial charge in [-0.2, -0.15) is 0 Å². The highest BCUT2D eigenvalue weighted by Gasteiger charge is 2.36. The number of rotatable bonds is 7. The highest BCUT2D eigenvalue weighted by atomic mass is 16.5. The van der Waals surface area contributed by atoms with Crippen LogP contribution in [0.25, 0.3) is 0 Å². The topological polar surface area (TPSA) is 156 Å². The molecule has 2 aromatic carbocycles. The van der Waals surface area contributed by atoms with Crippen molar-refractivity contribution in [2.24, 2.45) is 0 Å². The standard InChI is InChI=1S/C27H27NO9/c1-12-24(32)22-15(10-28-12)11-37-27(22)18-8-16(13(2)29)25(33)23(26(18)34)17(9-21(31)36-4)14-5-6-20(35-3)19(30)7-14/h5-8,10,17,27,30,32-34H,9,11H2,1-4H3. The molecule has 4 rings (SSSR count). The van der Waals surface area contributed by atoms with Crippen molar-refractivity contribution in [3.8, 4) is 28.7 Å². The molecule has 37 heavy (non-hydrogen) atoms. The number of phenolic OH excluding ortho intramolecular Hbond substituents is 3. The number of fused-ring (bicyclic) bond motifs is 1. The largest absolute Gasteiger partial charge is 0.507 e. The van der Waals surface area contributed by atoms with E-state index in [1.807, 2.05) is 0 Å². The Morgan fingerprint density at radius 1 is 1.11 bits per heavy atom. The van der Waals surface area contributed by atoms with Crippen LogP contribution in [0.4, 0.5) is 0 Å². The smallest absolute Gasteiger partial charge is 0.306 e. The van der Waals surface area contributed by atoms with Gasteiger partial charge in [0.2, 0.25) is 0 Å². The average Bonchev–Trinajstić information content (AvgIpc) is 3.30. The van der Waals surface area contributed by atoms with Crippen LogP contribution in [0.2, 0.25) is 0 Å². The number of esters is 1. The van der Waals surface area contributed by atoms with E-state index in [0.717, 1.165) is 0 Å². The van der Waals surface area contributed by atoms with Gasteiger partial charge in [0.15, 0.2) is 17.3 Å². The van der Waals surface area contributed by atoms with Crippen LogP contribution in [0.1, 0.15) is 69.2 Å². The van der Waals surface area contributed by atoms with Crippen LogP contribution in [0.5, 0.6) is 28.7 Å². The molecule has 0 saturated heterocycles. The molecule has 1 aliphatic rings. The van der Waals surface area contributed by atoms with E-state index >= 15 is 0 Å². The molecule has 10 heteroatoms. The summed E-state index contributed by atoms with van der Waals surface area (Å²) in [6.07, 6.45) is 0.257. The number of ether oxygens (including phenoxy) is 3. The fraction of sp³-hybridized carbons (Fsp3) is 0.296. The van der Waals surface area contributed by atoms with Gasteiger partial charge in [-0.05, 0) is 37.6 Å². The van der Waals surface area contributed by atoms with Crippen molar-refractivity contribution in [1.29, 1.82) is 0 Å². The van der Waals surface area contributed by atoms with Gasteiger partial charge in [-0.25, -0.2) is 0 Å². The Morgan fingerprint density at radius 3 is 2.46 bits per heavy atom.